The van der Waals surface area contributed by atoms with E-state index in [0.29, 0.717) is 17.8 Å². The summed E-state index contributed by atoms with van der Waals surface area (Å²) in [5, 5.41) is 2.10. The van der Waals surface area contributed by atoms with Gasteiger partial charge in [0.15, 0.2) is 24.0 Å². The van der Waals surface area contributed by atoms with Crippen LogP contribution in [0.1, 0.15) is 33.5 Å². The molecule has 0 aliphatic rings. The van der Waals surface area contributed by atoms with Crippen molar-refractivity contribution in [2.75, 3.05) is 0 Å². The normalized spacial score (nSPS) is 12.6. The minimum Gasteiger partial charge on any atom is -0.333 e. The molecule has 4 aromatic heterocycles. The molecule has 1 unspecified atom stereocenters. The molecule has 1 atom stereocenters. The number of carbonyl (C=O) groups is 1. The summed E-state index contributed by atoms with van der Waals surface area (Å²) in [5.41, 5.74) is 1.36. The number of alkyl halides is 3. The van der Waals surface area contributed by atoms with Crippen LogP contribution in [0.5, 0.6) is 0 Å². The number of halogens is 3. The van der Waals surface area contributed by atoms with Crippen molar-refractivity contribution in [3.05, 3.63) is 96.1 Å². The fourth-order valence-electron chi connectivity index (χ4n) is 3.29. The van der Waals surface area contributed by atoms with Gasteiger partial charge in [-0.05, 0) is 24.3 Å². The quantitative estimate of drug-likeness (QED) is 0.494. The van der Waals surface area contributed by atoms with Crippen molar-refractivity contribution in [2.24, 2.45) is 0 Å². The number of nitrogens with one attached hydrogen (secondary N) is 3. The number of fused-ring (bicyclic) bond motifs is 1. The molecular weight excluding hydrogens is 395 g/mol. The average Bonchev–Trinajstić information content (AvgIpc) is 3.11. The zero-order valence-corrected chi connectivity index (χ0v) is 15.6. The first kappa shape index (κ1) is 19.6. The van der Waals surface area contributed by atoms with Crippen LogP contribution in [-0.4, -0.2) is 22.1 Å². The van der Waals surface area contributed by atoms with Crippen LogP contribution in [0.25, 0.3) is 5.52 Å². The highest BCUT2D eigenvalue weighted by Crippen LogP contribution is 2.32. The monoisotopic (exact) mass is 413 g/mol. The number of aromatic amines is 2. The molecule has 152 valence electrons. The van der Waals surface area contributed by atoms with Gasteiger partial charge in [-0.25, -0.2) is 9.97 Å². The van der Waals surface area contributed by atoms with Gasteiger partial charge in [0, 0.05) is 29.6 Å². The van der Waals surface area contributed by atoms with Crippen LogP contribution in [0.15, 0.2) is 73.4 Å². The second-order valence-electron chi connectivity index (χ2n) is 6.73. The third kappa shape index (κ3) is 4.00. The van der Waals surface area contributed by atoms with Crippen LogP contribution >= 0.6 is 0 Å². The summed E-state index contributed by atoms with van der Waals surface area (Å²) in [5.74, 6) is -0.184. The molecule has 30 heavy (non-hydrogen) atoms. The maximum atomic E-state index is 13.6. The van der Waals surface area contributed by atoms with Crippen molar-refractivity contribution in [2.45, 2.75) is 18.6 Å². The van der Waals surface area contributed by atoms with Gasteiger partial charge in [-0.3, -0.25) is 9.78 Å². The Kier molecular flexibility index (Phi) is 5.18. The third-order valence-corrected chi connectivity index (χ3v) is 4.67. The predicted octanol–water partition coefficient (Wildman–Crippen LogP) is 2.59. The summed E-state index contributed by atoms with van der Waals surface area (Å²) in [6.07, 6.45) is 3.61. The number of hydrogen-bond acceptors (Lipinski definition) is 2. The van der Waals surface area contributed by atoms with E-state index in [2.05, 4.69) is 20.3 Å². The highest BCUT2D eigenvalue weighted by molar-refractivity contribution is 5.98. The van der Waals surface area contributed by atoms with Crippen LogP contribution in [0.4, 0.5) is 13.2 Å². The Morgan fingerprint density at radius 1 is 1.20 bits per heavy atom. The van der Waals surface area contributed by atoms with Gasteiger partial charge >= 0.3 is 6.18 Å². The van der Waals surface area contributed by atoms with E-state index in [-0.39, 0.29) is 11.3 Å². The molecule has 0 radical (unpaired) electrons. The molecule has 6 nitrogen and oxygen atoms in total. The van der Waals surface area contributed by atoms with Crippen molar-refractivity contribution in [3.63, 3.8) is 0 Å². The highest BCUT2D eigenvalue weighted by atomic mass is 19.4. The van der Waals surface area contributed by atoms with E-state index in [1.165, 1.54) is 18.3 Å². The SMILES string of the molecule is O=C(NC(c1cccnc1)C(F)(F)F)c1[nH]c(Cc2ccc[nH+]c2)[n+]2ccccc12. The number of nitrogens with zero attached hydrogens (tertiary/aromatic N) is 2. The summed E-state index contributed by atoms with van der Waals surface area (Å²) >= 11 is 0. The van der Waals surface area contributed by atoms with Crippen molar-refractivity contribution in [1.82, 2.24) is 15.3 Å². The Morgan fingerprint density at radius 3 is 2.77 bits per heavy atom. The van der Waals surface area contributed by atoms with Crippen LogP contribution in [0.2, 0.25) is 0 Å². The molecule has 0 spiro atoms. The topological polar surface area (TPSA) is 76.0 Å². The lowest BCUT2D eigenvalue weighted by atomic mass is 10.1. The number of hydrogen-bond donors (Lipinski definition) is 2. The number of pyridine rings is 3. The summed E-state index contributed by atoms with van der Waals surface area (Å²) < 4.78 is 42.6. The molecule has 0 bridgehead atoms. The van der Waals surface area contributed by atoms with Crippen molar-refractivity contribution in [3.8, 4) is 0 Å². The van der Waals surface area contributed by atoms with Gasteiger partial charge in [0.2, 0.25) is 5.69 Å². The van der Waals surface area contributed by atoms with Gasteiger partial charge in [0.05, 0.1) is 12.6 Å². The minimum absolute atomic E-state index is 0.0589. The Bertz CT molecular complexity index is 1160. The lowest BCUT2D eigenvalue weighted by Crippen LogP contribution is -2.38. The summed E-state index contributed by atoms with van der Waals surface area (Å²) in [6, 6.07) is 9.46. The summed E-state index contributed by atoms with van der Waals surface area (Å²) in [7, 11) is 0. The number of H-pyrrole nitrogens is 2. The zero-order valence-electron chi connectivity index (χ0n) is 15.6. The van der Waals surface area contributed by atoms with Gasteiger partial charge in [-0.1, -0.05) is 12.1 Å². The van der Waals surface area contributed by atoms with Gasteiger partial charge < -0.3 is 5.32 Å². The van der Waals surface area contributed by atoms with E-state index in [1.807, 2.05) is 18.3 Å². The molecule has 4 heterocycles. The molecule has 0 aromatic carbocycles. The smallest absolute Gasteiger partial charge is 0.333 e. The fourth-order valence-corrected chi connectivity index (χ4v) is 3.29. The van der Waals surface area contributed by atoms with Gasteiger partial charge in [0.25, 0.3) is 11.7 Å². The molecule has 3 N–H and O–H groups in total. The van der Waals surface area contributed by atoms with Crippen LogP contribution in [0.3, 0.4) is 0 Å². The first-order valence-electron chi connectivity index (χ1n) is 9.17. The molecule has 9 heteroatoms. The van der Waals surface area contributed by atoms with Crippen LogP contribution < -0.4 is 14.7 Å². The predicted molar refractivity (Wildman–Crippen MR) is 100 cm³/mol. The standard InChI is InChI=1S/C21H16F3N5O/c22-21(23,24)19(15-6-4-9-26-13-15)28-20(30)18-16-7-1-2-10-29(16)17(27-18)11-14-5-3-8-25-12-14/h1-10,12-13,19H,11H2,(H,28,30)/p+2. The summed E-state index contributed by atoms with van der Waals surface area (Å²) in [6.45, 7) is 0. The maximum absolute atomic E-state index is 13.6. The molecule has 1 amide bonds. The average molecular weight is 413 g/mol. The lowest BCUT2D eigenvalue weighted by Gasteiger charge is -2.20. The van der Waals surface area contributed by atoms with Gasteiger partial charge in [-0.15, -0.1) is 0 Å². The Balaban J connectivity index is 1.69. The van der Waals surface area contributed by atoms with Crippen molar-refractivity contribution < 1.29 is 27.4 Å². The van der Waals surface area contributed by atoms with E-state index in [0.717, 1.165) is 11.8 Å². The van der Waals surface area contributed by atoms with Gasteiger partial charge in [0.1, 0.15) is 0 Å². The molecule has 0 saturated carbocycles. The van der Waals surface area contributed by atoms with E-state index >= 15 is 0 Å². The Hall–Kier alpha value is -3.75. The number of imidazole rings is 1. The molecule has 4 aromatic rings. The molecule has 0 saturated heterocycles. The van der Waals surface area contributed by atoms with Gasteiger partial charge in [-0.2, -0.15) is 17.6 Å². The lowest BCUT2D eigenvalue weighted by molar-refractivity contribution is -0.520. The van der Waals surface area contributed by atoms with E-state index in [1.54, 1.807) is 35.0 Å². The second kappa shape index (κ2) is 7.94. The Morgan fingerprint density at radius 2 is 2.07 bits per heavy atom. The van der Waals surface area contributed by atoms with E-state index in [4.69, 9.17) is 0 Å². The molecular formula is C21H18F3N5O+2. The second-order valence-corrected chi connectivity index (χ2v) is 6.73. The number of rotatable bonds is 5. The fraction of sp³-hybridized carbons (Fsp3) is 0.143. The van der Waals surface area contributed by atoms with E-state index in [9.17, 15) is 18.0 Å². The van der Waals surface area contributed by atoms with Crippen LogP contribution in [0, 0.1) is 0 Å². The zero-order chi connectivity index (χ0) is 21.1. The minimum atomic E-state index is -4.67. The first-order chi connectivity index (χ1) is 14.4. The third-order valence-electron chi connectivity index (χ3n) is 4.67. The summed E-state index contributed by atoms with van der Waals surface area (Å²) in [4.78, 5) is 22.6. The number of amides is 1. The molecule has 0 aliphatic heterocycles. The van der Waals surface area contributed by atoms with Crippen LogP contribution in [-0.2, 0) is 6.42 Å². The molecule has 0 aliphatic carbocycles. The van der Waals surface area contributed by atoms with E-state index < -0.39 is 18.1 Å². The molecule has 0 fully saturated rings. The number of carbonyl (C=O) groups excluding carboxylic acids is 1. The number of aromatic nitrogens is 4. The van der Waals surface area contributed by atoms with Crippen molar-refractivity contribution in [1.29, 1.82) is 0 Å². The highest BCUT2D eigenvalue weighted by Gasteiger charge is 2.43. The Labute approximate surface area is 169 Å². The first-order valence-corrected chi connectivity index (χ1v) is 9.17. The maximum Gasteiger partial charge on any atom is 0.412 e. The molecule has 4 rings (SSSR count). The largest absolute Gasteiger partial charge is 0.412 e. The van der Waals surface area contributed by atoms with Crippen molar-refractivity contribution >= 4 is 11.4 Å².